The number of benzene rings is 1. The molecule has 0 saturated carbocycles. The summed E-state index contributed by atoms with van der Waals surface area (Å²) in [5, 5.41) is 24.8. The molecule has 0 radical (unpaired) electrons. The minimum Gasteiger partial charge on any atom is -0.478 e. The van der Waals surface area contributed by atoms with Gasteiger partial charge in [0, 0.05) is 23.7 Å². The van der Waals surface area contributed by atoms with Crippen molar-refractivity contribution in [2.24, 2.45) is 0 Å². The number of nitro groups is 1. The molecule has 0 aliphatic carbocycles. The zero-order chi connectivity index (χ0) is 15.0. The SMILES string of the molecule is O=C(O)c1cccnc1-n1ncc2ccc([N+](=O)[O-])cc21. The summed E-state index contributed by atoms with van der Waals surface area (Å²) in [4.78, 5) is 25.6. The van der Waals surface area contributed by atoms with E-state index in [9.17, 15) is 20.0 Å². The van der Waals surface area contributed by atoms with Gasteiger partial charge in [0.2, 0.25) is 0 Å². The number of carboxylic acid groups (broad SMARTS) is 1. The van der Waals surface area contributed by atoms with Crippen LogP contribution >= 0.6 is 0 Å². The van der Waals surface area contributed by atoms with Gasteiger partial charge in [-0.05, 0) is 18.2 Å². The molecule has 0 fully saturated rings. The largest absolute Gasteiger partial charge is 0.478 e. The normalized spacial score (nSPS) is 10.7. The number of aromatic nitrogens is 3. The lowest BCUT2D eigenvalue weighted by Gasteiger charge is -2.05. The highest BCUT2D eigenvalue weighted by Crippen LogP contribution is 2.23. The van der Waals surface area contributed by atoms with Crippen molar-refractivity contribution in [2.75, 3.05) is 0 Å². The van der Waals surface area contributed by atoms with Crippen LogP contribution in [0.15, 0.2) is 42.7 Å². The molecule has 1 N–H and O–H groups in total. The van der Waals surface area contributed by atoms with Gasteiger partial charge in [0.25, 0.3) is 5.69 Å². The number of non-ortho nitro benzene ring substituents is 1. The summed E-state index contributed by atoms with van der Waals surface area (Å²) in [7, 11) is 0. The standard InChI is InChI=1S/C13H8N4O4/c18-13(19)10-2-1-5-14-12(10)16-11-6-9(17(20)21)4-3-8(11)7-15-16/h1-7H,(H,18,19). The molecule has 104 valence electrons. The van der Waals surface area contributed by atoms with Crippen molar-refractivity contribution in [2.45, 2.75) is 0 Å². The van der Waals surface area contributed by atoms with E-state index in [2.05, 4.69) is 10.1 Å². The summed E-state index contributed by atoms with van der Waals surface area (Å²) < 4.78 is 1.28. The molecule has 1 aromatic carbocycles. The summed E-state index contributed by atoms with van der Waals surface area (Å²) in [5.74, 6) is -1.03. The number of pyridine rings is 1. The number of fused-ring (bicyclic) bond motifs is 1. The molecule has 0 bridgehead atoms. The molecule has 2 aromatic heterocycles. The van der Waals surface area contributed by atoms with E-state index in [0.717, 1.165) is 0 Å². The van der Waals surface area contributed by atoms with Gasteiger partial charge in [0.05, 0.1) is 16.6 Å². The summed E-state index contributed by atoms with van der Waals surface area (Å²) >= 11 is 0. The van der Waals surface area contributed by atoms with Gasteiger partial charge in [-0.1, -0.05) is 0 Å². The average molecular weight is 284 g/mol. The van der Waals surface area contributed by atoms with Crippen LogP contribution in [-0.2, 0) is 0 Å². The smallest absolute Gasteiger partial charge is 0.339 e. The number of aromatic carboxylic acids is 1. The van der Waals surface area contributed by atoms with Crippen LogP contribution < -0.4 is 0 Å². The molecule has 0 unspecified atom stereocenters. The van der Waals surface area contributed by atoms with Crippen molar-refractivity contribution in [3.8, 4) is 5.82 Å². The van der Waals surface area contributed by atoms with Crippen LogP contribution in [0.1, 0.15) is 10.4 Å². The first-order valence-corrected chi connectivity index (χ1v) is 5.89. The van der Waals surface area contributed by atoms with Gasteiger partial charge in [-0.25, -0.2) is 14.5 Å². The topological polar surface area (TPSA) is 111 Å². The first-order valence-electron chi connectivity index (χ1n) is 5.89. The fourth-order valence-corrected chi connectivity index (χ4v) is 2.02. The van der Waals surface area contributed by atoms with E-state index in [-0.39, 0.29) is 17.1 Å². The number of rotatable bonds is 3. The molecule has 3 rings (SSSR count). The first-order chi connectivity index (χ1) is 10.1. The van der Waals surface area contributed by atoms with E-state index in [4.69, 9.17) is 0 Å². The van der Waals surface area contributed by atoms with E-state index < -0.39 is 10.9 Å². The number of nitro benzene ring substituents is 1. The van der Waals surface area contributed by atoms with Crippen molar-refractivity contribution in [3.63, 3.8) is 0 Å². The van der Waals surface area contributed by atoms with Crippen molar-refractivity contribution in [3.05, 3.63) is 58.4 Å². The zero-order valence-corrected chi connectivity index (χ0v) is 10.5. The van der Waals surface area contributed by atoms with Gasteiger partial charge < -0.3 is 5.11 Å². The van der Waals surface area contributed by atoms with Gasteiger partial charge in [0.15, 0.2) is 5.82 Å². The quantitative estimate of drug-likeness (QED) is 0.581. The fraction of sp³-hybridized carbons (Fsp3) is 0. The van der Waals surface area contributed by atoms with Gasteiger partial charge in [0.1, 0.15) is 5.56 Å². The molecule has 0 aliphatic heterocycles. The highest BCUT2D eigenvalue weighted by atomic mass is 16.6. The number of carbonyl (C=O) groups is 1. The third-order valence-corrected chi connectivity index (χ3v) is 2.98. The molecule has 21 heavy (non-hydrogen) atoms. The van der Waals surface area contributed by atoms with Crippen molar-refractivity contribution in [1.82, 2.24) is 14.8 Å². The molecular weight excluding hydrogens is 276 g/mol. The minimum atomic E-state index is -1.15. The molecule has 0 spiro atoms. The summed E-state index contributed by atoms with van der Waals surface area (Å²) in [6.07, 6.45) is 2.94. The number of hydrogen-bond donors (Lipinski definition) is 1. The van der Waals surface area contributed by atoms with Gasteiger partial charge in [-0.2, -0.15) is 5.10 Å². The Labute approximate surface area is 117 Å². The Morgan fingerprint density at radius 1 is 1.33 bits per heavy atom. The molecule has 8 heteroatoms. The van der Waals surface area contributed by atoms with Gasteiger partial charge >= 0.3 is 5.97 Å². The zero-order valence-electron chi connectivity index (χ0n) is 10.5. The molecule has 0 saturated heterocycles. The number of carboxylic acids is 1. The molecule has 8 nitrogen and oxygen atoms in total. The Balaban J connectivity index is 2.28. The summed E-state index contributed by atoms with van der Waals surface area (Å²) in [6.45, 7) is 0. The Morgan fingerprint density at radius 2 is 2.14 bits per heavy atom. The van der Waals surface area contributed by atoms with Crippen molar-refractivity contribution in [1.29, 1.82) is 0 Å². The molecule has 3 aromatic rings. The van der Waals surface area contributed by atoms with Crippen LogP contribution in [-0.4, -0.2) is 30.8 Å². The lowest BCUT2D eigenvalue weighted by molar-refractivity contribution is -0.384. The van der Waals surface area contributed by atoms with Crippen LogP contribution in [0.2, 0.25) is 0 Å². The molecule has 0 atom stereocenters. The average Bonchev–Trinajstić information content (AvgIpc) is 2.89. The van der Waals surface area contributed by atoms with Crippen LogP contribution in [0, 0.1) is 10.1 Å². The summed E-state index contributed by atoms with van der Waals surface area (Å²) in [6, 6.07) is 7.16. The van der Waals surface area contributed by atoms with Crippen LogP contribution in [0.3, 0.4) is 0 Å². The predicted molar refractivity (Wildman–Crippen MR) is 72.5 cm³/mol. The van der Waals surface area contributed by atoms with E-state index in [1.165, 1.54) is 41.3 Å². The Hall–Kier alpha value is -3.29. The lowest BCUT2D eigenvalue weighted by atomic mass is 10.2. The second-order valence-corrected chi connectivity index (χ2v) is 4.24. The van der Waals surface area contributed by atoms with Crippen LogP contribution in [0.4, 0.5) is 5.69 Å². The number of nitrogens with zero attached hydrogens (tertiary/aromatic N) is 4. The van der Waals surface area contributed by atoms with Crippen LogP contribution in [0.25, 0.3) is 16.7 Å². The first kappa shape index (κ1) is 12.7. The highest BCUT2D eigenvalue weighted by molar-refractivity contribution is 5.92. The van der Waals surface area contributed by atoms with E-state index in [1.807, 2.05) is 0 Å². The van der Waals surface area contributed by atoms with E-state index in [0.29, 0.717) is 10.9 Å². The molecular formula is C13H8N4O4. The maximum atomic E-state index is 11.2. The molecule has 0 amide bonds. The monoisotopic (exact) mass is 284 g/mol. The molecule has 2 heterocycles. The van der Waals surface area contributed by atoms with Crippen LogP contribution in [0.5, 0.6) is 0 Å². The third kappa shape index (κ3) is 2.08. The maximum Gasteiger partial charge on any atom is 0.339 e. The maximum absolute atomic E-state index is 11.2. The van der Waals surface area contributed by atoms with E-state index >= 15 is 0 Å². The van der Waals surface area contributed by atoms with Crippen molar-refractivity contribution < 1.29 is 14.8 Å². The Kier molecular flexibility index (Phi) is 2.83. The predicted octanol–water partition coefficient (Wildman–Crippen LogP) is 2.03. The van der Waals surface area contributed by atoms with E-state index in [1.54, 1.807) is 6.07 Å². The van der Waals surface area contributed by atoms with Crippen molar-refractivity contribution >= 4 is 22.6 Å². The summed E-state index contributed by atoms with van der Waals surface area (Å²) in [5.41, 5.74) is 0.288. The second kappa shape index (κ2) is 4.67. The van der Waals surface area contributed by atoms with Gasteiger partial charge in [-0.3, -0.25) is 10.1 Å². The number of hydrogen-bond acceptors (Lipinski definition) is 5. The van der Waals surface area contributed by atoms with Gasteiger partial charge in [-0.15, -0.1) is 0 Å². The fourth-order valence-electron chi connectivity index (χ4n) is 2.02. The second-order valence-electron chi connectivity index (χ2n) is 4.24. The lowest BCUT2D eigenvalue weighted by Crippen LogP contribution is -2.08. The third-order valence-electron chi connectivity index (χ3n) is 2.98. The highest BCUT2D eigenvalue weighted by Gasteiger charge is 2.17. The Morgan fingerprint density at radius 3 is 2.86 bits per heavy atom. The minimum absolute atomic E-state index is 0.0333. The Bertz CT molecular complexity index is 871. The molecule has 0 aliphatic rings.